The van der Waals surface area contributed by atoms with Gasteiger partial charge in [0, 0.05) is 31.0 Å². The van der Waals surface area contributed by atoms with Crippen LogP contribution in [0.4, 0.5) is 0 Å². The quantitative estimate of drug-likeness (QED) is 0.260. The normalized spacial score (nSPS) is 14.4. The van der Waals surface area contributed by atoms with E-state index in [4.69, 9.17) is 10.9 Å². The summed E-state index contributed by atoms with van der Waals surface area (Å²) in [6, 6.07) is 9.80. The zero-order chi connectivity index (χ0) is 14.3. The van der Waals surface area contributed by atoms with Crippen molar-refractivity contribution in [3.8, 4) is 0 Å². The van der Waals surface area contributed by atoms with Crippen molar-refractivity contribution in [2.24, 2.45) is 16.3 Å². The highest BCUT2D eigenvalue weighted by Gasteiger charge is 2.20. The largest absolute Gasteiger partial charge is 0.409 e. The van der Waals surface area contributed by atoms with Gasteiger partial charge in [-0.05, 0) is 5.56 Å². The number of nitrogens with zero attached hydrogens (tertiary/aromatic N) is 1. The number of aliphatic hydroxyl groups excluding tert-OH is 1. The van der Waals surface area contributed by atoms with E-state index in [1.807, 2.05) is 44.2 Å². The summed E-state index contributed by atoms with van der Waals surface area (Å²) < 4.78 is 0. The fourth-order valence-corrected chi connectivity index (χ4v) is 1.70. The third-order valence-electron chi connectivity index (χ3n) is 3.00. The molecule has 0 heterocycles. The smallest absolute Gasteiger partial charge is 0.141 e. The minimum Gasteiger partial charge on any atom is -0.409 e. The van der Waals surface area contributed by atoms with Crippen LogP contribution in [0.2, 0.25) is 0 Å². The van der Waals surface area contributed by atoms with Gasteiger partial charge in [-0.25, -0.2) is 0 Å². The molecule has 5 nitrogen and oxygen atoms in total. The maximum atomic E-state index is 9.28. The van der Waals surface area contributed by atoms with Crippen molar-refractivity contribution >= 4 is 5.84 Å². The molecule has 1 atom stereocenters. The monoisotopic (exact) mass is 265 g/mol. The molecule has 5 heteroatoms. The van der Waals surface area contributed by atoms with Crippen molar-refractivity contribution in [1.29, 1.82) is 0 Å². The molecule has 0 radical (unpaired) electrons. The van der Waals surface area contributed by atoms with E-state index >= 15 is 0 Å². The van der Waals surface area contributed by atoms with E-state index in [9.17, 15) is 5.11 Å². The van der Waals surface area contributed by atoms with E-state index in [1.165, 1.54) is 0 Å². The third-order valence-corrected chi connectivity index (χ3v) is 3.00. The fraction of sp³-hybridized carbons (Fsp3) is 0.500. The Labute approximate surface area is 114 Å². The number of aliphatic hydroxyl groups is 1. The summed E-state index contributed by atoms with van der Waals surface area (Å²) in [5, 5.41) is 24.4. The lowest BCUT2D eigenvalue weighted by Gasteiger charge is -2.26. The maximum Gasteiger partial charge on any atom is 0.141 e. The van der Waals surface area contributed by atoms with Crippen LogP contribution < -0.4 is 11.1 Å². The number of amidine groups is 1. The average Bonchev–Trinajstić information content (AvgIpc) is 2.44. The third kappa shape index (κ3) is 5.28. The predicted octanol–water partition coefficient (Wildman–Crippen LogP) is 1.47. The second kappa shape index (κ2) is 7.11. The molecule has 0 fully saturated rings. The number of benzene rings is 1. The minimum absolute atomic E-state index is 0.0390. The summed E-state index contributed by atoms with van der Waals surface area (Å²) in [5.74, 6) is 0.183. The minimum atomic E-state index is -0.210. The van der Waals surface area contributed by atoms with Crippen LogP contribution in [0.15, 0.2) is 35.5 Å². The first-order chi connectivity index (χ1) is 8.98. The fourth-order valence-electron chi connectivity index (χ4n) is 1.70. The summed E-state index contributed by atoms with van der Waals surface area (Å²) >= 11 is 0. The van der Waals surface area contributed by atoms with Crippen molar-refractivity contribution in [2.75, 3.05) is 13.2 Å². The average molecular weight is 265 g/mol. The van der Waals surface area contributed by atoms with Gasteiger partial charge in [0.25, 0.3) is 0 Å². The number of nitrogens with one attached hydrogen (secondary N) is 1. The van der Waals surface area contributed by atoms with Crippen LogP contribution in [0.3, 0.4) is 0 Å². The van der Waals surface area contributed by atoms with E-state index in [1.54, 1.807) is 0 Å². The Bertz CT molecular complexity index is 404. The lowest BCUT2D eigenvalue weighted by molar-refractivity contribution is 0.153. The Morgan fingerprint density at radius 1 is 1.37 bits per heavy atom. The van der Waals surface area contributed by atoms with Crippen LogP contribution in [-0.4, -0.2) is 29.3 Å². The predicted molar refractivity (Wildman–Crippen MR) is 76.1 cm³/mol. The lowest BCUT2D eigenvalue weighted by Crippen LogP contribution is -2.36. The molecule has 0 saturated heterocycles. The van der Waals surface area contributed by atoms with Crippen LogP contribution in [0.5, 0.6) is 0 Å². The number of rotatable bonds is 7. The summed E-state index contributed by atoms with van der Waals surface area (Å²) in [4.78, 5) is 0. The van der Waals surface area contributed by atoms with Gasteiger partial charge in [0.15, 0.2) is 0 Å². The molecule has 0 bridgehead atoms. The first kappa shape index (κ1) is 15.5. The van der Waals surface area contributed by atoms with Gasteiger partial charge < -0.3 is 21.4 Å². The second-order valence-corrected chi connectivity index (χ2v) is 5.46. The van der Waals surface area contributed by atoms with Crippen LogP contribution >= 0.6 is 0 Å². The Hall–Kier alpha value is -1.59. The van der Waals surface area contributed by atoms with Crippen LogP contribution in [0, 0.1) is 5.41 Å². The number of hydrogen-bond acceptors (Lipinski definition) is 4. The Balaban J connectivity index is 2.76. The molecule has 1 aromatic rings. The number of hydrogen-bond donors (Lipinski definition) is 4. The highest BCUT2D eigenvalue weighted by molar-refractivity contribution is 5.80. The second-order valence-electron chi connectivity index (χ2n) is 5.46. The molecule has 0 spiro atoms. The zero-order valence-electron chi connectivity index (χ0n) is 11.5. The summed E-state index contributed by atoms with van der Waals surface area (Å²) in [6.45, 7) is 4.70. The zero-order valence-corrected chi connectivity index (χ0v) is 11.5. The molecule has 0 aliphatic heterocycles. The first-order valence-corrected chi connectivity index (χ1v) is 6.34. The molecule has 0 aliphatic rings. The molecular formula is C14H23N3O2. The maximum absolute atomic E-state index is 9.28. The van der Waals surface area contributed by atoms with Gasteiger partial charge in [-0.3, -0.25) is 0 Å². The molecule has 0 aliphatic carbocycles. The van der Waals surface area contributed by atoms with Crippen molar-refractivity contribution in [3.63, 3.8) is 0 Å². The van der Waals surface area contributed by atoms with Crippen LogP contribution in [0.25, 0.3) is 0 Å². The standard InChI is InChI=1S/C14H23N3O2/c1-14(2,10-18)9-16-12(8-13(15)17-19)11-6-4-3-5-7-11/h3-7,12,16,18-19H,8-10H2,1-2H3,(H2,15,17). The van der Waals surface area contributed by atoms with Crippen molar-refractivity contribution < 1.29 is 10.3 Å². The lowest BCUT2D eigenvalue weighted by atomic mass is 9.93. The SMILES string of the molecule is CC(C)(CO)CNC(C/C(N)=N/O)c1ccccc1. The van der Waals surface area contributed by atoms with E-state index in [-0.39, 0.29) is 23.9 Å². The van der Waals surface area contributed by atoms with Crippen molar-refractivity contribution in [2.45, 2.75) is 26.3 Å². The molecule has 1 rings (SSSR count). The van der Waals surface area contributed by atoms with E-state index in [0.717, 1.165) is 5.56 Å². The molecule has 1 aromatic carbocycles. The molecule has 1 unspecified atom stereocenters. The van der Waals surface area contributed by atoms with Gasteiger partial charge >= 0.3 is 0 Å². The van der Waals surface area contributed by atoms with Gasteiger partial charge in [-0.15, -0.1) is 0 Å². The molecule has 19 heavy (non-hydrogen) atoms. The Kier molecular flexibility index (Phi) is 5.79. The summed E-state index contributed by atoms with van der Waals surface area (Å²) in [6.07, 6.45) is 0.419. The Morgan fingerprint density at radius 3 is 2.53 bits per heavy atom. The van der Waals surface area contributed by atoms with E-state index in [0.29, 0.717) is 13.0 Å². The van der Waals surface area contributed by atoms with Crippen molar-refractivity contribution in [3.05, 3.63) is 35.9 Å². The van der Waals surface area contributed by atoms with E-state index < -0.39 is 0 Å². The molecular weight excluding hydrogens is 242 g/mol. The topological polar surface area (TPSA) is 90.9 Å². The number of oxime groups is 1. The molecule has 106 valence electrons. The van der Waals surface area contributed by atoms with Crippen molar-refractivity contribution in [1.82, 2.24) is 5.32 Å². The highest BCUT2D eigenvalue weighted by atomic mass is 16.4. The van der Waals surface area contributed by atoms with Gasteiger partial charge in [-0.2, -0.15) is 0 Å². The van der Waals surface area contributed by atoms with E-state index in [2.05, 4.69) is 10.5 Å². The molecule has 0 aromatic heterocycles. The van der Waals surface area contributed by atoms with Crippen LogP contribution in [-0.2, 0) is 0 Å². The van der Waals surface area contributed by atoms with Crippen LogP contribution in [0.1, 0.15) is 31.9 Å². The van der Waals surface area contributed by atoms with Gasteiger partial charge in [0.2, 0.25) is 0 Å². The van der Waals surface area contributed by atoms with Gasteiger partial charge in [-0.1, -0.05) is 49.3 Å². The van der Waals surface area contributed by atoms with Gasteiger partial charge in [0.1, 0.15) is 5.84 Å². The highest BCUT2D eigenvalue weighted by Crippen LogP contribution is 2.19. The summed E-state index contributed by atoms with van der Waals surface area (Å²) in [5.41, 5.74) is 6.46. The molecule has 0 saturated carbocycles. The first-order valence-electron chi connectivity index (χ1n) is 6.34. The van der Waals surface area contributed by atoms with Gasteiger partial charge in [0.05, 0.1) is 0 Å². The molecule has 0 amide bonds. The number of nitrogens with two attached hydrogens (primary N) is 1. The summed E-state index contributed by atoms with van der Waals surface area (Å²) in [7, 11) is 0. The Morgan fingerprint density at radius 2 is 2.00 bits per heavy atom. The molecule has 5 N–H and O–H groups in total.